The Balaban J connectivity index is 0.000000360. The van der Waals surface area contributed by atoms with Gasteiger partial charge in [-0.1, -0.05) is 6.08 Å². The minimum atomic E-state index is -5.08. The van der Waals surface area contributed by atoms with E-state index in [0.717, 1.165) is 56.2 Å². The van der Waals surface area contributed by atoms with Crippen molar-refractivity contribution >= 4 is 11.9 Å². The molecule has 1 aliphatic carbocycles. The molecule has 0 unspecified atom stereocenters. The first-order valence-electron chi connectivity index (χ1n) is 10.6. The van der Waals surface area contributed by atoms with E-state index in [9.17, 15) is 18.0 Å². The van der Waals surface area contributed by atoms with E-state index in [4.69, 9.17) is 19.4 Å². The van der Waals surface area contributed by atoms with Gasteiger partial charge in [-0.05, 0) is 49.8 Å². The maximum absolute atomic E-state index is 12.7. The highest BCUT2D eigenvalue weighted by atomic mass is 19.4. The summed E-state index contributed by atoms with van der Waals surface area (Å²) in [4.78, 5) is 27.6. The van der Waals surface area contributed by atoms with Crippen LogP contribution in [0.5, 0.6) is 0 Å². The Bertz CT molecular complexity index is 831. The lowest BCUT2D eigenvalue weighted by Crippen LogP contribution is -2.50. The number of ether oxygens (including phenoxy) is 2. The number of carboxylic acid groups (broad SMARTS) is 1. The minimum absolute atomic E-state index is 0.105. The van der Waals surface area contributed by atoms with Crippen molar-refractivity contribution < 1.29 is 37.3 Å². The molecule has 0 bridgehead atoms. The number of carboxylic acids is 1. The van der Waals surface area contributed by atoms with Gasteiger partial charge < -0.3 is 19.5 Å². The van der Waals surface area contributed by atoms with E-state index in [1.54, 1.807) is 12.4 Å². The van der Waals surface area contributed by atoms with Crippen molar-refractivity contribution in [3.05, 3.63) is 41.7 Å². The molecule has 2 fully saturated rings. The van der Waals surface area contributed by atoms with E-state index in [1.165, 1.54) is 0 Å². The number of hydrogen-bond donors (Lipinski definition) is 1. The van der Waals surface area contributed by atoms with Gasteiger partial charge in [-0.2, -0.15) is 13.2 Å². The molecule has 0 radical (unpaired) electrons. The van der Waals surface area contributed by atoms with Crippen LogP contribution in [-0.2, 0) is 25.7 Å². The molecular weight excluding hydrogens is 429 g/mol. The number of likely N-dealkylation sites (tertiary alicyclic amines) is 1. The summed E-state index contributed by atoms with van der Waals surface area (Å²) in [6.45, 7) is 2.76. The predicted octanol–water partition coefficient (Wildman–Crippen LogP) is 3.49. The zero-order valence-corrected chi connectivity index (χ0v) is 17.6. The van der Waals surface area contributed by atoms with Crippen LogP contribution in [0.1, 0.15) is 44.1 Å². The van der Waals surface area contributed by atoms with Gasteiger partial charge in [0.25, 0.3) is 0 Å². The molecule has 4 rings (SSSR count). The van der Waals surface area contributed by atoms with Crippen molar-refractivity contribution in [2.24, 2.45) is 0 Å². The molecule has 2 aliphatic heterocycles. The van der Waals surface area contributed by atoms with Crippen LogP contribution in [0.25, 0.3) is 0 Å². The van der Waals surface area contributed by atoms with Gasteiger partial charge in [-0.3, -0.25) is 9.78 Å². The lowest BCUT2D eigenvalue weighted by Gasteiger charge is -2.39. The Hall–Kier alpha value is -2.46. The second-order valence-electron chi connectivity index (χ2n) is 8.24. The molecule has 10 heteroatoms. The highest BCUT2D eigenvalue weighted by Crippen LogP contribution is 2.37. The van der Waals surface area contributed by atoms with Crippen LogP contribution in [0, 0.1) is 0 Å². The van der Waals surface area contributed by atoms with E-state index in [1.807, 2.05) is 17.0 Å². The van der Waals surface area contributed by atoms with Gasteiger partial charge >= 0.3 is 12.1 Å². The van der Waals surface area contributed by atoms with Crippen molar-refractivity contribution in [1.82, 2.24) is 9.88 Å². The second kappa shape index (κ2) is 10.4. The van der Waals surface area contributed by atoms with Gasteiger partial charge in [0.2, 0.25) is 5.91 Å². The molecule has 1 N–H and O–H groups in total. The molecule has 1 aromatic heterocycles. The van der Waals surface area contributed by atoms with E-state index < -0.39 is 12.1 Å². The molecule has 0 saturated carbocycles. The summed E-state index contributed by atoms with van der Waals surface area (Å²) in [6, 6.07) is 3.95. The lowest BCUT2D eigenvalue weighted by atomic mass is 9.89. The number of piperidine rings is 1. The molecule has 176 valence electrons. The number of aromatic nitrogens is 1. The number of allylic oxidation sites excluding steroid dienone is 1. The summed E-state index contributed by atoms with van der Waals surface area (Å²) >= 11 is 0. The van der Waals surface area contributed by atoms with Gasteiger partial charge in [0.15, 0.2) is 0 Å². The lowest BCUT2D eigenvalue weighted by molar-refractivity contribution is -0.192. The average Bonchev–Trinajstić information content (AvgIpc) is 3.43. The van der Waals surface area contributed by atoms with Gasteiger partial charge in [-0.25, -0.2) is 4.79 Å². The number of hydrogen-bond acceptors (Lipinski definition) is 5. The first-order valence-corrected chi connectivity index (χ1v) is 10.6. The first-order chi connectivity index (χ1) is 15.2. The van der Waals surface area contributed by atoms with Crippen molar-refractivity contribution in [2.45, 2.75) is 63.0 Å². The number of pyridine rings is 1. The zero-order valence-electron chi connectivity index (χ0n) is 17.6. The number of nitrogens with zero attached hydrogens (tertiary/aromatic N) is 2. The number of alkyl halides is 3. The summed E-state index contributed by atoms with van der Waals surface area (Å²) in [5, 5.41) is 7.12. The van der Waals surface area contributed by atoms with E-state index >= 15 is 0 Å². The Morgan fingerprint density at radius 2 is 2.00 bits per heavy atom. The predicted molar refractivity (Wildman–Crippen MR) is 108 cm³/mol. The van der Waals surface area contributed by atoms with Crippen LogP contribution in [0.3, 0.4) is 0 Å². The van der Waals surface area contributed by atoms with Crippen molar-refractivity contribution in [2.75, 3.05) is 19.7 Å². The largest absolute Gasteiger partial charge is 0.490 e. The molecule has 1 aromatic rings. The van der Waals surface area contributed by atoms with Gasteiger partial charge in [0, 0.05) is 30.9 Å². The van der Waals surface area contributed by atoms with Crippen LogP contribution in [0.2, 0.25) is 0 Å². The highest BCUT2D eigenvalue weighted by Gasteiger charge is 2.45. The standard InChI is InChI=1S/C20H26N2O3.C2HF3O2/c23-19(17-4-1-2-5-17)22-11-3-8-20(15-22)12-18(14-25-20)24-13-16-6-9-21-10-7-16;3-2(4,5)1(6)7/h4,6-7,9-10,18H,1-3,5,8,11-15H2;(H,6,7)/t18-,20-;/m0./s1. The third-order valence-corrected chi connectivity index (χ3v) is 5.79. The Morgan fingerprint density at radius 3 is 2.62 bits per heavy atom. The Labute approximate surface area is 184 Å². The fraction of sp³-hybridized carbons (Fsp3) is 0.591. The molecular formula is C22H27F3N2O5. The highest BCUT2D eigenvalue weighted by molar-refractivity contribution is 5.93. The molecule has 3 heterocycles. The third-order valence-electron chi connectivity index (χ3n) is 5.79. The third kappa shape index (κ3) is 6.52. The van der Waals surface area contributed by atoms with Crippen molar-refractivity contribution in [1.29, 1.82) is 0 Å². The van der Waals surface area contributed by atoms with Gasteiger partial charge in [-0.15, -0.1) is 0 Å². The van der Waals surface area contributed by atoms with Crippen molar-refractivity contribution in [3.63, 3.8) is 0 Å². The Kier molecular flexibility index (Phi) is 7.89. The number of halogens is 3. The fourth-order valence-electron chi connectivity index (χ4n) is 4.23. The molecule has 32 heavy (non-hydrogen) atoms. The normalized spacial score (nSPS) is 25.3. The van der Waals surface area contributed by atoms with Gasteiger partial charge in [0.1, 0.15) is 0 Å². The number of aliphatic carboxylic acids is 1. The molecule has 0 aromatic carbocycles. The maximum atomic E-state index is 12.7. The van der Waals surface area contributed by atoms with Crippen LogP contribution in [0.15, 0.2) is 36.2 Å². The molecule has 1 spiro atoms. The first kappa shape index (κ1) is 24.2. The number of carbonyl (C=O) groups is 2. The van der Waals surface area contributed by atoms with Crippen LogP contribution in [-0.4, -0.2) is 64.4 Å². The fourth-order valence-corrected chi connectivity index (χ4v) is 4.23. The average molecular weight is 456 g/mol. The topological polar surface area (TPSA) is 89.0 Å². The van der Waals surface area contributed by atoms with E-state index in [0.29, 0.717) is 19.8 Å². The number of amides is 1. The molecule has 3 aliphatic rings. The number of carbonyl (C=O) groups excluding carboxylic acids is 1. The molecule has 2 saturated heterocycles. The monoisotopic (exact) mass is 456 g/mol. The minimum Gasteiger partial charge on any atom is -0.475 e. The molecule has 1 amide bonds. The zero-order chi connectivity index (χ0) is 23.2. The number of rotatable bonds is 4. The Morgan fingerprint density at radius 1 is 1.28 bits per heavy atom. The quantitative estimate of drug-likeness (QED) is 0.746. The van der Waals surface area contributed by atoms with E-state index in [-0.39, 0.29) is 17.6 Å². The van der Waals surface area contributed by atoms with E-state index in [2.05, 4.69) is 11.1 Å². The summed E-state index contributed by atoms with van der Waals surface area (Å²) in [5.41, 5.74) is 1.92. The summed E-state index contributed by atoms with van der Waals surface area (Å²) < 4.78 is 44.0. The summed E-state index contributed by atoms with van der Waals surface area (Å²) in [7, 11) is 0. The molecule has 7 nitrogen and oxygen atoms in total. The summed E-state index contributed by atoms with van der Waals surface area (Å²) in [5.74, 6) is -2.53. The maximum Gasteiger partial charge on any atom is 0.490 e. The second-order valence-corrected chi connectivity index (χ2v) is 8.24. The van der Waals surface area contributed by atoms with Crippen molar-refractivity contribution in [3.8, 4) is 0 Å². The van der Waals surface area contributed by atoms with Crippen LogP contribution in [0.4, 0.5) is 13.2 Å². The SMILES string of the molecule is O=C(C1=CCCC1)N1CCC[C@]2(C[C@H](OCc3ccncc3)CO2)C1.O=C(O)C(F)(F)F. The van der Waals surface area contributed by atoms with Crippen LogP contribution < -0.4 is 0 Å². The van der Waals surface area contributed by atoms with Gasteiger partial charge in [0.05, 0.1) is 31.5 Å². The smallest absolute Gasteiger partial charge is 0.475 e. The molecule has 2 atom stereocenters. The van der Waals surface area contributed by atoms with Crippen LogP contribution >= 0.6 is 0 Å². The summed E-state index contributed by atoms with van der Waals surface area (Å²) in [6.07, 6.45) is 6.70.